The Morgan fingerprint density at radius 1 is 1.37 bits per heavy atom. The Morgan fingerprint density at radius 2 is 2.11 bits per heavy atom. The first-order valence-corrected chi connectivity index (χ1v) is 7.42. The van der Waals surface area contributed by atoms with Gasteiger partial charge in [0.1, 0.15) is 0 Å². The van der Waals surface area contributed by atoms with Gasteiger partial charge in [-0.25, -0.2) is 0 Å². The average molecular weight is 262 g/mol. The predicted octanol–water partition coefficient (Wildman–Crippen LogP) is 3.10. The summed E-state index contributed by atoms with van der Waals surface area (Å²) in [6.07, 6.45) is 3.89. The lowest BCUT2D eigenvalue weighted by molar-refractivity contribution is 0.0440. The monoisotopic (exact) mass is 262 g/mol. The second-order valence-electron chi connectivity index (χ2n) is 5.46. The van der Waals surface area contributed by atoms with Crippen LogP contribution in [0.4, 0.5) is 5.69 Å². The number of piperidine rings is 1. The molecule has 0 aromatic heterocycles. The van der Waals surface area contributed by atoms with Crippen LogP contribution in [0.15, 0.2) is 24.3 Å². The third kappa shape index (κ3) is 3.95. The first-order chi connectivity index (χ1) is 9.20. The van der Waals surface area contributed by atoms with Crippen molar-refractivity contribution in [2.45, 2.75) is 45.3 Å². The van der Waals surface area contributed by atoms with Crippen molar-refractivity contribution in [1.82, 2.24) is 0 Å². The van der Waals surface area contributed by atoms with E-state index in [4.69, 9.17) is 10.5 Å². The van der Waals surface area contributed by atoms with Crippen LogP contribution in [-0.2, 0) is 4.74 Å². The van der Waals surface area contributed by atoms with Gasteiger partial charge in [0.05, 0.1) is 6.10 Å². The van der Waals surface area contributed by atoms with Crippen LogP contribution in [0.1, 0.15) is 44.7 Å². The van der Waals surface area contributed by atoms with E-state index in [0.29, 0.717) is 6.10 Å². The maximum Gasteiger partial charge on any atom is 0.0750 e. The van der Waals surface area contributed by atoms with Gasteiger partial charge < -0.3 is 15.4 Å². The van der Waals surface area contributed by atoms with Crippen LogP contribution in [0, 0.1) is 0 Å². The molecule has 1 aromatic carbocycles. The number of hydrogen-bond acceptors (Lipinski definition) is 3. The minimum Gasteiger partial charge on any atom is -0.376 e. The lowest BCUT2D eigenvalue weighted by atomic mass is 10.1. The van der Waals surface area contributed by atoms with Crippen LogP contribution >= 0.6 is 0 Å². The summed E-state index contributed by atoms with van der Waals surface area (Å²) in [7, 11) is 0. The summed E-state index contributed by atoms with van der Waals surface area (Å²) in [6.45, 7) is 7.20. The molecule has 0 radical (unpaired) electrons. The van der Waals surface area contributed by atoms with Crippen LogP contribution in [0.3, 0.4) is 0 Å². The molecular formula is C16H26N2O. The van der Waals surface area contributed by atoms with Gasteiger partial charge in [-0.05, 0) is 43.9 Å². The number of ether oxygens (including phenoxy) is 1. The molecule has 0 amide bonds. The summed E-state index contributed by atoms with van der Waals surface area (Å²) in [5.41, 5.74) is 8.37. The van der Waals surface area contributed by atoms with Gasteiger partial charge in [0.15, 0.2) is 0 Å². The minimum atomic E-state index is 0.107. The summed E-state index contributed by atoms with van der Waals surface area (Å²) in [5.74, 6) is 0. The maximum atomic E-state index is 5.89. The number of nitrogens with zero attached hydrogens (tertiary/aromatic N) is 1. The summed E-state index contributed by atoms with van der Waals surface area (Å²) >= 11 is 0. The number of anilines is 1. The molecule has 0 spiro atoms. The molecule has 1 fully saturated rings. The van der Waals surface area contributed by atoms with Crippen molar-refractivity contribution in [2.24, 2.45) is 5.73 Å². The zero-order chi connectivity index (χ0) is 13.7. The van der Waals surface area contributed by atoms with Gasteiger partial charge in [-0.1, -0.05) is 19.1 Å². The molecule has 2 rings (SSSR count). The Morgan fingerprint density at radius 3 is 2.74 bits per heavy atom. The first-order valence-electron chi connectivity index (χ1n) is 7.42. The molecule has 1 heterocycles. The Labute approximate surface area is 116 Å². The van der Waals surface area contributed by atoms with Gasteiger partial charge in [-0.3, -0.25) is 0 Å². The quantitative estimate of drug-likeness (QED) is 0.886. The highest BCUT2D eigenvalue weighted by molar-refractivity contribution is 5.48. The summed E-state index contributed by atoms with van der Waals surface area (Å²) in [6, 6.07) is 8.74. The van der Waals surface area contributed by atoms with Crippen LogP contribution in [0.25, 0.3) is 0 Å². The molecule has 2 N–H and O–H groups in total. The Hall–Kier alpha value is -1.06. The van der Waals surface area contributed by atoms with E-state index in [0.717, 1.165) is 26.1 Å². The summed E-state index contributed by atoms with van der Waals surface area (Å²) in [5, 5.41) is 0. The van der Waals surface area contributed by atoms with Crippen molar-refractivity contribution >= 4 is 5.69 Å². The van der Waals surface area contributed by atoms with E-state index in [9.17, 15) is 0 Å². The highest BCUT2D eigenvalue weighted by Crippen LogP contribution is 2.23. The lowest BCUT2D eigenvalue weighted by Gasteiger charge is -2.34. The van der Waals surface area contributed by atoms with Crippen LogP contribution in [0.5, 0.6) is 0 Å². The minimum absolute atomic E-state index is 0.107. The fourth-order valence-corrected chi connectivity index (χ4v) is 2.58. The van der Waals surface area contributed by atoms with Crippen molar-refractivity contribution in [3.63, 3.8) is 0 Å². The van der Waals surface area contributed by atoms with E-state index in [1.807, 2.05) is 6.92 Å². The second kappa shape index (κ2) is 6.92. The topological polar surface area (TPSA) is 38.5 Å². The van der Waals surface area contributed by atoms with Gasteiger partial charge in [0.2, 0.25) is 0 Å². The van der Waals surface area contributed by atoms with Crippen molar-refractivity contribution in [3.8, 4) is 0 Å². The highest BCUT2D eigenvalue weighted by Gasteiger charge is 2.20. The van der Waals surface area contributed by atoms with E-state index in [-0.39, 0.29) is 6.04 Å². The molecule has 1 saturated heterocycles. The van der Waals surface area contributed by atoms with Crippen LogP contribution < -0.4 is 10.6 Å². The molecule has 3 heteroatoms. The molecule has 19 heavy (non-hydrogen) atoms. The van der Waals surface area contributed by atoms with E-state index in [2.05, 4.69) is 36.1 Å². The fourth-order valence-electron chi connectivity index (χ4n) is 2.58. The predicted molar refractivity (Wildman–Crippen MR) is 80.5 cm³/mol. The van der Waals surface area contributed by atoms with E-state index in [1.165, 1.54) is 24.1 Å². The molecule has 106 valence electrons. The van der Waals surface area contributed by atoms with E-state index < -0.39 is 0 Å². The standard InChI is InChI=1S/C16H26N2O/c1-3-11-19-16-5-4-10-18(12-16)15-8-6-14(7-9-15)13(2)17/h6-9,13,16H,3-5,10-12,17H2,1-2H3/t13-,16?/m0/s1. The molecule has 1 aromatic rings. The number of benzene rings is 1. The molecule has 1 aliphatic rings. The van der Waals surface area contributed by atoms with Gasteiger partial charge in [0, 0.05) is 31.4 Å². The second-order valence-corrected chi connectivity index (χ2v) is 5.46. The molecular weight excluding hydrogens is 236 g/mol. The lowest BCUT2D eigenvalue weighted by Crippen LogP contribution is -2.39. The molecule has 0 saturated carbocycles. The number of rotatable bonds is 5. The Kier molecular flexibility index (Phi) is 5.23. The molecule has 2 atom stereocenters. The Balaban J connectivity index is 1.96. The van der Waals surface area contributed by atoms with Crippen LogP contribution in [-0.4, -0.2) is 25.8 Å². The molecule has 3 nitrogen and oxygen atoms in total. The number of hydrogen-bond donors (Lipinski definition) is 1. The molecule has 0 aliphatic carbocycles. The smallest absolute Gasteiger partial charge is 0.0750 e. The van der Waals surface area contributed by atoms with Gasteiger partial charge >= 0.3 is 0 Å². The van der Waals surface area contributed by atoms with Crippen molar-refractivity contribution < 1.29 is 4.74 Å². The molecule has 1 unspecified atom stereocenters. The van der Waals surface area contributed by atoms with Crippen molar-refractivity contribution in [1.29, 1.82) is 0 Å². The largest absolute Gasteiger partial charge is 0.376 e. The van der Waals surface area contributed by atoms with Gasteiger partial charge in [-0.2, -0.15) is 0 Å². The normalized spacial score (nSPS) is 21.4. The SMILES string of the molecule is CCCOC1CCCN(c2ccc([C@H](C)N)cc2)C1. The third-order valence-electron chi connectivity index (χ3n) is 3.72. The van der Waals surface area contributed by atoms with E-state index in [1.54, 1.807) is 0 Å². The zero-order valence-corrected chi connectivity index (χ0v) is 12.1. The Bertz CT molecular complexity index is 375. The van der Waals surface area contributed by atoms with Gasteiger partial charge in [-0.15, -0.1) is 0 Å². The average Bonchev–Trinajstić information content (AvgIpc) is 2.45. The first kappa shape index (κ1) is 14.4. The summed E-state index contributed by atoms with van der Waals surface area (Å²) in [4.78, 5) is 2.43. The van der Waals surface area contributed by atoms with Gasteiger partial charge in [0.25, 0.3) is 0 Å². The molecule has 1 aliphatic heterocycles. The maximum absolute atomic E-state index is 5.89. The van der Waals surface area contributed by atoms with Crippen molar-refractivity contribution in [3.05, 3.63) is 29.8 Å². The van der Waals surface area contributed by atoms with Crippen molar-refractivity contribution in [2.75, 3.05) is 24.6 Å². The fraction of sp³-hybridized carbons (Fsp3) is 0.625. The number of nitrogens with two attached hydrogens (primary N) is 1. The molecule has 0 bridgehead atoms. The third-order valence-corrected chi connectivity index (χ3v) is 3.72. The van der Waals surface area contributed by atoms with E-state index >= 15 is 0 Å². The van der Waals surface area contributed by atoms with Crippen LogP contribution in [0.2, 0.25) is 0 Å². The zero-order valence-electron chi connectivity index (χ0n) is 12.1. The highest BCUT2D eigenvalue weighted by atomic mass is 16.5. The summed E-state index contributed by atoms with van der Waals surface area (Å²) < 4.78 is 5.88.